The second-order valence-electron chi connectivity index (χ2n) is 4.84. The van der Waals surface area contributed by atoms with Crippen LogP contribution in [0.4, 0.5) is 0 Å². The average Bonchev–Trinajstić information content (AvgIpc) is 2.85. The van der Waals surface area contributed by atoms with Crippen molar-refractivity contribution < 1.29 is 4.74 Å². The smallest absolute Gasteiger partial charge is 0.0469 e. The van der Waals surface area contributed by atoms with Crippen molar-refractivity contribution >= 4 is 11.3 Å². The fraction of sp³-hybridized carbons (Fsp3) is 0.714. The third-order valence-electron chi connectivity index (χ3n) is 3.64. The highest BCUT2D eigenvalue weighted by Crippen LogP contribution is 2.20. The van der Waals surface area contributed by atoms with Gasteiger partial charge >= 0.3 is 0 Å². The van der Waals surface area contributed by atoms with Crippen LogP contribution in [0.3, 0.4) is 0 Å². The van der Waals surface area contributed by atoms with E-state index in [1.807, 2.05) is 11.3 Å². The molecule has 0 bridgehead atoms. The highest BCUT2D eigenvalue weighted by molar-refractivity contribution is 7.11. The molecule has 1 fully saturated rings. The van der Waals surface area contributed by atoms with Gasteiger partial charge in [0.05, 0.1) is 0 Å². The van der Waals surface area contributed by atoms with Crippen LogP contribution in [0.2, 0.25) is 0 Å². The first-order valence-corrected chi connectivity index (χ1v) is 7.50. The van der Waals surface area contributed by atoms with Crippen molar-refractivity contribution in [1.82, 2.24) is 5.32 Å². The van der Waals surface area contributed by atoms with E-state index in [0.717, 1.165) is 32.1 Å². The molecule has 2 rings (SSSR count). The van der Waals surface area contributed by atoms with Crippen LogP contribution in [0.25, 0.3) is 0 Å². The van der Waals surface area contributed by atoms with E-state index < -0.39 is 0 Å². The number of nitrogens with one attached hydrogen (secondary N) is 1. The Morgan fingerprint density at radius 1 is 1.35 bits per heavy atom. The van der Waals surface area contributed by atoms with Gasteiger partial charge < -0.3 is 10.1 Å². The molecule has 0 amide bonds. The minimum Gasteiger partial charge on any atom is -0.381 e. The molecule has 0 saturated carbocycles. The molecule has 0 spiro atoms. The zero-order valence-corrected chi connectivity index (χ0v) is 11.7. The van der Waals surface area contributed by atoms with Gasteiger partial charge in [0.15, 0.2) is 0 Å². The lowest BCUT2D eigenvalue weighted by Crippen LogP contribution is -2.36. The van der Waals surface area contributed by atoms with Crippen molar-refractivity contribution in [1.29, 1.82) is 0 Å². The van der Waals surface area contributed by atoms with Gasteiger partial charge in [0.25, 0.3) is 0 Å². The molecule has 3 heteroatoms. The van der Waals surface area contributed by atoms with Gasteiger partial charge in [-0.05, 0) is 44.2 Å². The summed E-state index contributed by atoms with van der Waals surface area (Å²) in [6.45, 7) is 7.42. The summed E-state index contributed by atoms with van der Waals surface area (Å²) in [6, 6.07) is 5.11. The summed E-state index contributed by atoms with van der Waals surface area (Å²) in [6.07, 6.45) is 3.57. The monoisotopic (exact) mass is 253 g/mol. The minimum atomic E-state index is 0.603. The Balaban J connectivity index is 1.76. The molecule has 1 aromatic rings. The lowest BCUT2D eigenvalue weighted by Gasteiger charge is -2.28. The summed E-state index contributed by atoms with van der Waals surface area (Å²) in [5, 5.41) is 3.66. The zero-order chi connectivity index (χ0) is 12.1. The number of hydrogen-bond acceptors (Lipinski definition) is 3. The Morgan fingerprint density at radius 3 is 2.71 bits per heavy atom. The molecule has 1 saturated heterocycles. The Labute approximate surface area is 108 Å². The van der Waals surface area contributed by atoms with Crippen LogP contribution >= 0.6 is 11.3 Å². The van der Waals surface area contributed by atoms with E-state index in [1.54, 1.807) is 0 Å². The van der Waals surface area contributed by atoms with Crippen LogP contribution in [-0.2, 0) is 17.7 Å². The zero-order valence-electron chi connectivity index (χ0n) is 10.9. The molecular formula is C14H23NOS. The number of rotatable bonds is 5. The third-order valence-corrected chi connectivity index (χ3v) is 4.87. The van der Waals surface area contributed by atoms with Crippen molar-refractivity contribution in [3.05, 3.63) is 21.9 Å². The fourth-order valence-electron chi connectivity index (χ4n) is 2.35. The Bertz CT molecular complexity index is 331. The molecule has 1 N–H and O–H groups in total. The normalized spacial score (nSPS) is 19.4. The van der Waals surface area contributed by atoms with Gasteiger partial charge in [-0.15, -0.1) is 11.3 Å². The topological polar surface area (TPSA) is 21.3 Å². The van der Waals surface area contributed by atoms with Gasteiger partial charge in [-0.1, -0.05) is 6.92 Å². The quantitative estimate of drug-likeness (QED) is 0.870. The summed E-state index contributed by atoms with van der Waals surface area (Å²) in [4.78, 5) is 2.95. The largest absolute Gasteiger partial charge is 0.381 e. The van der Waals surface area contributed by atoms with E-state index in [-0.39, 0.29) is 0 Å². The third kappa shape index (κ3) is 3.80. The Hall–Kier alpha value is -0.380. The summed E-state index contributed by atoms with van der Waals surface area (Å²) >= 11 is 1.93. The molecule has 2 nitrogen and oxygen atoms in total. The second-order valence-corrected chi connectivity index (χ2v) is 6.09. The minimum absolute atomic E-state index is 0.603. The van der Waals surface area contributed by atoms with Gasteiger partial charge in [0.2, 0.25) is 0 Å². The van der Waals surface area contributed by atoms with Gasteiger partial charge in [-0.25, -0.2) is 0 Å². The predicted octanol–water partition coefficient (Wildman–Crippen LogP) is 3.22. The Kier molecular flexibility index (Phi) is 5.01. The van der Waals surface area contributed by atoms with Gasteiger partial charge in [-0.2, -0.15) is 0 Å². The molecule has 0 aliphatic carbocycles. The van der Waals surface area contributed by atoms with Crippen molar-refractivity contribution in [3.8, 4) is 0 Å². The maximum Gasteiger partial charge on any atom is 0.0469 e. The van der Waals surface area contributed by atoms with E-state index in [2.05, 4.69) is 31.3 Å². The van der Waals surface area contributed by atoms with Crippen LogP contribution in [0.5, 0.6) is 0 Å². The standard InChI is InChI=1S/C14H23NOS/c1-3-13-4-5-14(17-13)10-15-11(2)12-6-8-16-9-7-12/h4-5,11-12,15H,3,6-10H2,1-2H3. The van der Waals surface area contributed by atoms with Gasteiger partial charge in [0, 0.05) is 35.6 Å². The number of thiophene rings is 1. The molecule has 1 unspecified atom stereocenters. The molecule has 2 heterocycles. The van der Waals surface area contributed by atoms with Crippen LogP contribution < -0.4 is 5.32 Å². The maximum absolute atomic E-state index is 5.40. The molecule has 1 aliphatic heterocycles. The summed E-state index contributed by atoms with van der Waals surface area (Å²) < 4.78 is 5.40. The maximum atomic E-state index is 5.40. The Morgan fingerprint density at radius 2 is 2.06 bits per heavy atom. The van der Waals surface area contributed by atoms with Gasteiger partial charge in [-0.3, -0.25) is 0 Å². The molecule has 0 radical (unpaired) electrons. The van der Waals surface area contributed by atoms with Crippen LogP contribution in [-0.4, -0.2) is 19.3 Å². The van der Waals surface area contributed by atoms with E-state index in [0.29, 0.717) is 6.04 Å². The number of ether oxygens (including phenoxy) is 1. The number of hydrogen-bond donors (Lipinski definition) is 1. The van der Waals surface area contributed by atoms with Crippen LogP contribution in [0.1, 0.15) is 36.4 Å². The summed E-state index contributed by atoms with van der Waals surface area (Å²) in [5.41, 5.74) is 0. The highest BCUT2D eigenvalue weighted by atomic mass is 32.1. The lowest BCUT2D eigenvalue weighted by atomic mass is 9.93. The molecule has 96 valence electrons. The van der Waals surface area contributed by atoms with E-state index in [4.69, 9.17) is 4.74 Å². The van der Waals surface area contributed by atoms with E-state index in [9.17, 15) is 0 Å². The highest BCUT2D eigenvalue weighted by Gasteiger charge is 2.19. The van der Waals surface area contributed by atoms with Crippen molar-refractivity contribution in [3.63, 3.8) is 0 Å². The first kappa shape index (κ1) is 13.1. The van der Waals surface area contributed by atoms with Crippen molar-refractivity contribution in [2.45, 2.75) is 45.7 Å². The lowest BCUT2D eigenvalue weighted by molar-refractivity contribution is 0.0558. The molecular weight excluding hydrogens is 230 g/mol. The molecule has 1 aliphatic rings. The molecule has 1 aromatic heterocycles. The summed E-state index contributed by atoms with van der Waals surface area (Å²) in [7, 11) is 0. The molecule has 1 atom stereocenters. The molecule has 0 aromatic carbocycles. The van der Waals surface area contributed by atoms with E-state index in [1.165, 1.54) is 22.6 Å². The SMILES string of the molecule is CCc1ccc(CNC(C)C2CCOCC2)s1. The average molecular weight is 253 g/mol. The predicted molar refractivity (Wildman–Crippen MR) is 73.5 cm³/mol. The van der Waals surface area contributed by atoms with Crippen molar-refractivity contribution in [2.75, 3.05) is 13.2 Å². The van der Waals surface area contributed by atoms with Crippen molar-refractivity contribution in [2.24, 2.45) is 5.92 Å². The van der Waals surface area contributed by atoms with Gasteiger partial charge in [0.1, 0.15) is 0 Å². The van der Waals surface area contributed by atoms with Crippen LogP contribution in [0, 0.1) is 5.92 Å². The first-order valence-electron chi connectivity index (χ1n) is 6.68. The first-order chi connectivity index (χ1) is 8.29. The summed E-state index contributed by atoms with van der Waals surface area (Å²) in [5.74, 6) is 0.786. The second kappa shape index (κ2) is 6.53. The number of aryl methyl sites for hydroxylation is 1. The van der Waals surface area contributed by atoms with Crippen LogP contribution in [0.15, 0.2) is 12.1 Å². The molecule has 17 heavy (non-hydrogen) atoms. The van der Waals surface area contributed by atoms with E-state index >= 15 is 0 Å². The fourth-order valence-corrected chi connectivity index (χ4v) is 3.26.